The molecule has 6 aromatic rings. The van der Waals surface area contributed by atoms with Crippen molar-refractivity contribution in [1.29, 1.82) is 0 Å². The summed E-state index contributed by atoms with van der Waals surface area (Å²) >= 11 is 0. The Morgan fingerprint density at radius 2 is 1.00 bits per heavy atom. The molecule has 84 heavy (non-hydrogen) atoms. The second-order valence-electron chi connectivity index (χ2n) is 25.6. The summed E-state index contributed by atoms with van der Waals surface area (Å²) in [6, 6.07) is 33.7. The predicted octanol–water partition coefficient (Wildman–Crippen LogP) is 13.0. The molecule has 4 amide bonds. The summed E-state index contributed by atoms with van der Waals surface area (Å²) in [6.07, 6.45) is 14.2. The van der Waals surface area contributed by atoms with Gasteiger partial charge in [-0.3, -0.25) is 9.97 Å². The van der Waals surface area contributed by atoms with Gasteiger partial charge in [0.15, 0.2) is 0 Å². The number of unbranched alkanes of at least 4 members (excludes halogenated alkanes) is 1. The zero-order valence-electron chi connectivity index (χ0n) is 52.1. The minimum absolute atomic E-state index is 0.0200. The van der Waals surface area contributed by atoms with E-state index in [4.69, 9.17) is 15.0 Å². The van der Waals surface area contributed by atoms with Gasteiger partial charge in [0.05, 0.1) is 41.9 Å². The van der Waals surface area contributed by atoms with Crippen LogP contribution in [0.1, 0.15) is 169 Å². The van der Waals surface area contributed by atoms with E-state index in [-0.39, 0.29) is 24.1 Å². The number of aryl methyl sites for hydroxylation is 1. The number of H-pyrrole nitrogens is 1. The highest BCUT2D eigenvalue weighted by atomic mass is 16.2. The Balaban J connectivity index is 0.866. The second-order valence-corrected chi connectivity index (χ2v) is 25.6. The van der Waals surface area contributed by atoms with E-state index >= 15 is 0 Å². The molecule has 3 aromatic carbocycles. The molecule has 0 radical (unpaired) electrons. The number of pyridine rings is 2. The standard InChI is InChI=1S/C70H100N12O2/c1-51(2)45-79(46-52(3)4)36-12-13-38-81(69(83)77-63-23-14-20-60-21-16-34-73-67(60)63)49-58-31-27-57(28-32-58)42-72-44-66-75-43-65(76-66)61-33-35-74-68-62(61)22-15-24-64(68)78-70(84)82(39-17-37-80(47-53(5)6)48-54(7)8)50-59-29-25-56(26-30-59)41-71-40-55-18-10-9-11-19-55/h9-11,16,18-19,21,25-35,43,51-54,63-64,71-72H,12-15,17,20,22-24,36-42,44-50H2,1-8H3,(H,75,76)(H,77,83)(H,78,84). The predicted molar refractivity (Wildman–Crippen MR) is 342 cm³/mol. The van der Waals surface area contributed by atoms with Crippen LogP contribution in [0.5, 0.6) is 0 Å². The molecule has 0 bridgehead atoms. The normalized spacial score (nSPS) is 15.1. The van der Waals surface area contributed by atoms with Crippen LogP contribution in [0.15, 0.2) is 116 Å². The van der Waals surface area contributed by atoms with Gasteiger partial charge in [0.2, 0.25) is 0 Å². The fourth-order valence-corrected chi connectivity index (χ4v) is 12.3. The summed E-state index contributed by atoms with van der Waals surface area (Å²) < 4.78 is 0. The van der Waals surface area contributed by atoms with E-state index in [2.05, 4.69) is 176 Å². The van der Waals surface area contributed by atoms with Crippen molar-refractivity contribution < 1.29 is 9.59 Å². The number of nitrogens with zero attached hydrogens (tertiary/aromatic N) is 7. The number of fused-ring (bicyclic) bond motifs is 2. The van der Waals surface area contributed by atoms with Crippen LogP contribution in [0.3, 0.4) is 0 Å². The van der Waals surface area contributed by atoms with Crippen molar-refractivity contribution in [2.45, 2.75) is 165 Å². The molecular weight excluding hydrogens is 1040 g/mol. The molecule has 2 atom stereocenters. The first kappa shape index (κ1) is 63.6. The van der Waals surface area contributed by atoms with Crippen molar-refractivity contribution in [1.82, 2.24) is 60.8 Å². The lowest BCUT2D eigenvalue weighted by Crippen LogP contribution is -2.43. The molecule has 5 N–H and O–H groups in total. The van der Waals surface area contributed by atoms with E-state index in [0.717, 1.165) is 155 Å². The lowest BCUT2D eigenvalue weighted by molar-refractivity contribution is 0.176. The third-order valence-electron chi connectivity index (χ3n) is 16.1. The van der Waals surface area contributed by atoms with E-state index < -0.39 is 0 Å². The second kappa shape index (κ2) is 32.7. The first-order chi connectivity index (χ1) is 40.7. The lowest BCUT2D eigenvalue weighted by atomic mass is 9.88. The van der Waals surface area contributed by atoms with Crippen LogP contribution in [-0.2, 0) is 52.1 Å². The number of carbonyl (C=O) groups is 2. The SMILES string of the molecule is CC(C)CN(CCCCN(Cc1ccc(CNCc2ncc(-c3ccnc4c3CCCC4NC(=O)N(CCCN(CC(C)C)CC(C)C)Cc3ccc(CNCc4ccccc4)cc3)[nH]2)cc1)C(=O)NC1CCCc2cccnc21)CC(C)C. The van der Waals surface area contributed by atoms with Gasteiger partial charge in [-0.05, 0) is 146 Å². The van der Waals surface area contributed by atoms with Crippen LogP contribution in [0.4, 0.5) is 9.59 Å². The van der Waals surface area contributed by atoms with Gasteiger partial charge in [0.1, 0.15) is 5.82 Å². The number of amides is 4. The highest BCUT2D eigenvalue weighted by Crippen LogP contribution is 2.35. The fourth-order valence-electron chi connectivity index (χ4n) is 12.3. The van der Waals surface area contributed by atoms with Gasteiger partial charge < -0.3 is 45.9 Å². The maximum atomic E-state index is 14.6. The molecule has 14 nitrogen and oxygen atoms in total. The Morgan fingerprint density at radius 1 is 0.512 bits per heavy atom. The van der Waals surface area contributed by atoms with Gasteiger partial charge in [-0.25, -0.2) is 14.6 Å². The van der Waals surface area contributed by atoms with Crippen molar-refractivity contribution >= 4 is 12.1 Å². The molecule has 0 aliphatic heterocycles. The van der Waals surface area contributed by atoms with Gasteiger partial charge in [0.25, 0.3) is 0 Å². The summed E-state index contributed by atoms with van der Waals surface area (Å²) in [4.78, 5) is 56.0. The summed E-state index contributed by atoms with van der Waals surface area (Å²) in [6.45, 7) is 29.9. The largest absolute Gasteiger partial charge is 0.341 e. The summed E-state index contributed by atoms with van der Waals surface area (Å²) in [5.74, 6) is 3.26. The van der Waals surface area contributed by atoms with Crippen LogP contribution in [0.2, 0.25) is 0 Å². The number of carbonyl (C=O) groups excluding carboxylic acids is 2. The number of nitrogens with one attached hydrogen (secondary N) is 5. The number of benzene rings is 3. The number of aromatic nitrogens is 4. The molecule has 2 aliphatic rings. The van der Waals surface area contributed by atoms with Gasteiger partial charge in [-0.2, -0.15) is 0 Å². The van der Waals surface area contributed by atoms with Crippen molar-refractivity contribution in [2.24, 2.45) is 23.7 Å². The van der Waals surface area contributed by atoms with Crippen LogP contribution in [0, 0.1) is 23.7 Å². The first-order valence-corrected chi connectivity index (χ1v) is 31.8. The number of imidazole rings is 1. The van der Waals surface area contributed by atoms with Crippen molar-refractivity contribution in [3.63, 3.8) is 0 Å². The summed E-state index contributed by atoms with van der Waals surface area (Å²) in [5, 5.41) is 14.0. The minimum atomic E-state index is -0.196. The van der Waals surface area contributed by atoms with Crippen LogP contribution >= 0.6 is 0 Å². The fraction of sp³-hybridized carbons (Fsp3) is 0.529. The molecule has 0 saturated carbocycles. The Hall–Kier alpha value is -6.45. The Labute approximate surface area is 503 Å². The molecule has 452 valence electrons. The smallest absolute Gasteiger partial charge is 0.318 e. The highest BCUT2D eigenvalue weighted by molar-refractivity contribution is 5.76. The number of urea groups is 2. The van der Waals surface area contributed by atoms with Gasteiger partial charge in [-0.15, -0.1) is 0 Å². The van der Waals surface area contributed by atoms with E-state index in [9.17, 15) is 9.59 Å². The molecule has 0 fully saturated rings. The van der Waals surface area contributed by atoms with E-state index in [0.29, 0.717) is 62.9 Å². The Bertz CT molecular complexity index is 2880. The molecule has 0 saturated heterocycles. The average molecular weight is 1140 g/mol. The topological polar surface area (TPSA) is 150 Å². The van der Waals surface area contributed by atoms with Crippen LogP contribution in [0.25, 0.3) is 11.3 Å². The number of rotatable bonds is 32. The van der Waals surface area contributed by atoms with Gasteiger partial charge in [0, 0.05) is 89.9 Å². The van der Waals surface area contributed by atoms with Gasteiger partial charge >= 0.3 is 12.1 Å². The highest BCUT2D eigenvalue weighted by Gasteiger charge is 2.29. The van der Waals surface area contributed by atoms with Crippen LogP contribution in [-0.4, -0.2) is 104 Å². The van der Waals surface area contributed by atoms with E-state index in [1.165, 1.54) is 22.3 Å². The lowest BCUT2D eigenvalue weighted by Gasteiger charge is -2.31. The molecule has 8 rings (SSSR count). The Kier molecular flexibility index (Phi) is 24.8. The molecule has 3 aromatic heterocycles. The molecule has 2 unspecified atom stereocenters. The van der Waals surface area contributed by atoms with Gasteiger partial charge in [-0.1, -0.05) is 140 Å². The number of hydrogen-bond donors (Lipinski definition) is 5. The summed E-state index contributed by atoms with van der Waals surface area (Å²) in [7, 11) is 0. The molecule has 2 aliphatic carbocycles. The quantitative estimate of drug-likeness (QED) is 0.0260. The molecular formula is C70H100N12O2. The molecule has 14 heteroatoms. The maximum absolute atomic E-state index is 14.6. The first-order valence-electron chi connectivity index (χ1n) is 31.8. The van der Waals surface area contributed by atoms with E-state index in [1.807, 2.05) is 40.5 Å². The third-order valence-corrected chi connectivity index (χ3v) is 16.1. The molecule has 0 spiro atoms. The summed E-state index contributed by atoms with van der Waals surface area (Å²) in [5.41, 5.74) is 12.3. The average Bonchev–Trinajstić information content (AvgIpc) is 2.59. The zero-order valence-corrected chi connectivity index (χ0v) is 52.1. The maximum Gasteiger partial charge on any atom is 0.318 e. The Morgan fingerprint density at radius 3 is 1.58 bits per heavy atom. The monoisotopic (exact) mass is 1140 g/mol. The zero-order chi connectivity index (χ0) is 59.2. The van der Waals surface area contributed by atoms with E-state index in [1.54, 1.807) is 0 Å². The van der Waals surface area contributed by atoms with Crippen molar-refractivity contribution in [3.8, 4) is 11.3 Å². The van der Waals surface area contributed by atoms with Crippen LogP contribution < -0.4 is 21.3 Å². The minimum Gasteiger partial charge on any atom is -0.341 e. The number of aromatic amines is 1. The number of hydrogen-bond acceptors (Lipinski definition) is 9. The van der Waals surface area contributed by atoms with Crippen molar-refractivity contribution in [2.75, 3.05) is 52.4 Å². The third kappa shape index (κ3) is 20.1. The van der Waals surface area contributed by atoms with Crippen molar-refractivity contribution in [3.05, 3.63) is 172 Å². The molecule has 3 heterocycles.